The molecule has 2 aliphatic rings. The van der Waals surface area contributed by atoms with Gasteiger partial charge in [-0.3, -0.25) is 0 Å². The van der Waals surface area contributed by atoms with Crippen molar-refractivity contribution in [1.29, 1.82) is 0 Å². The summed E-state index contributed by atoms with van der Waals surface area (Å²) in [5.41, 5.74) is 0. The fraction of sp³-hybridized carbons (Fsp3) is 0.857. The van der Waals surface area contributed by atoms with E-state index in [0.717, 1.165) is 41.7 Å². The van der Waals surface area contributed by atoms with Gasteiger partial charge >= 0.3 is 0 Å². The number of hydrogen-bond acceptors (Lipinski definition) is 5. The van der Waals surface area contributed by atoms with Crippen LogP contribution in [0.1, 0.15) is 56.7 Å². The molecule has 2 fully saturated rings. The maximum absolute atomic E-state index is 5.27. The van der Waals surface area contributed by atoms with E-state index in [2.05, 4.69) is 15.5 Å². The summed E-state index contributed by atoms with van der Waals surface area (Å²) >= 11 is 2.00. The van der Waals surface area contributed by atoms with Gasteiger partial charge in [0, 0.05) is 5.25 Å². The van der Waals surface area contributed by atoms with E-state index >= 15 is 0 Å². The summed E-state index contributed by atoms with van der Waals surface area (Å²) in [5.74, 6) is 3.39. The third kappa shape index (κ3) is 4.49. The van der Waals surface area contributed by atoms with Gasteiger partial charge < -0.3 is 9.84 Å². The first-order valence-corrected chi connectivity index (χ1v) is 8.59. The topological polar surface area (TPSA) is 51.0 Å². The minimum atomic E-state index is 0.720. The lowest BCUT2D eigenvalue weighted by molar-refractivity contribution is 0.363. The second-order valence-electron chi connectivity index (χ2n) is 5.75. The maximum atomic E-state index is 5.27. The van der Waals surface area contributed by atoms with E-state index in [1.807, 2.05) is 11.8 Å². The summed E-state index contributed by atoms with van der Waals surface area (Å²) < 4.78 is 5.27. The number of thioether (sulfide) groups is 1. The molecule has 1 aromatic rings. The standard InChI is InChI=1S/C14H23N3OS/c1-2-4-12(5-3-1)19-10-13-16-14(18-17-13)9-15-8-11-6-7-11/h11-12,15H,1-10H2. The molecule has 0 spiro atoms. The predicted octanol–water partition coefficient (Wildman–Crippen LogP) is 3.14. The molecular formula is C14H23N3OS. The highest BCUT2D eigenvalue weighted by molar-refractivity contribution is 7.99. The van der Waals surface area contributed by atoms with Crippen LogP contribution in [0.25, 0.3) is 0 Å². The van der Waals surface area contributed by atoms with Gasteiger partial charge in [0.05, 0.1) is 12.3 Å². The molecule has 0 unspecified atom stereocenters. The van der Waals surface area contributed by atoms with Crippen LogP contribution in [0.15, 0.2) is 4.52 Å². The molecule has 2 aliphatic carbocycles. The van der Waals surface area contributed by atoms with E-state index in [-0.39, 0.29) is 0 Å². The molecule has 2 saturated carbocycles. The van der Waals surface area contributed by atoms with Crippen LogP contribution >= 0.6 is 11.8 Å². The summed E-state index contributed by atoms with van der Waals surface area (Å²) in [6.07, 6.45) is 9.66. The first kappa shape index (κ1) is 13.4. The molecule has 106 valence electrons. The van der Waals surface area contributed by atoms with Crippen LogP contribution < -0.4 is 5.32 Å². The van der Waals surface area contributed by atoms with Gasteiger partial charge in [-0.1, -0.05) is 24.4 Å². The van der Waals surface area contributed by atoms with Crippen molar-refractivity contribution in [2.24, 2.45) is 5.92 Å². The Morgan fingerprint density at radius 2 is 2.00 bits per heavy atom. The fourth-order valence-electron chi connectivity index (χ4n) is 2.55. The van der Waals surface area contributed by atoms with E-state index < -0.39 is 0 Å². The number of nitrogens with zero attached hydrogens (tertiary/aromatic N) is 2. The minimum Gasteiger partial charge on any atom is -0.338 e. The summed E-state index contributed by atoms with van der Waals surface area (Å²) in [4.78, 5) is 4.45. The molecule has 0 atom stereocenters. The average molecular weight is 281 g/mol. The van der Waals surface area contributed by atoms with Crippen molar-refractivity contribution in [2.45, 2.75) is 62.5 Å². The first-order chi connectivity index (χ1) is 9.40. The van der Waals surface area contributed by atoms with Crippen molar-refractivity contribution < 1.29 is 4.52 Å². The van der Waals surface area contributed by atoms with Crippen LogP contribution in [0, 0.1) is 5.92 Å². The van der Waals surface area contributed by atoms with Gasteiger partial charge in [0.2, 0.25) is 5.89 Å². The third-order valence-corrected chi connectivity index (χ3v) is 5.28. The molecule has 0 aromatic carbocycles. The zero-order valence-corrected chi connectivity index (χ0v) is 12.3. The predicted molar refractivity (Wildman–Crippen MR) is 76.9 cm³/mol. The zero-order chi connectivity index (χ0) is 12.9. The second-order valence-corrected chi connectivity index (χ2v) is 7.04. The Bertz CT molecular complexity index is 386. The fourth-order valence-corrected chi connectivity index (χ4v) is 3.72. The molecule has 0 bridgehead atoms. The van der Waals surface area contributed by atoms with E-state index in [1.165, 1.54) is 44.9 Å². The van der Waals surface area contributed by atoms with Crippen LogP contribution in [0.3, 0.4) is 0 Å². The van der Waals surface area contributed by atoms with Crippen molar-refractivity contribution in [2.75, 3.05) is 6.54 Å². The molecular weight excluding hydrogens is 258 g/mol. The van der Waals surface area contributed by atoms with Crippen molar-refractivity contribution in [3.05, 3.63) is 11.7 Å². The minimum absolute atomic E-state index is 0.720. The quantitative estimate of drug-likeness (QED) is 0.832. The number of hydrogen-bond donors (Lipinski definition) is 1. The molecule has 19 heavy (non-hydrogen) atoms. The molecule has 1 N–H and O–H groups in total. The van der Waals surface area contributed by atoms with Crippen molar-refractivity contribution in [3.63, 3.8) is 0 Å². The largest absolute Gasteiger partial charge is 0.338 e. The monoisotopic (exact) mass is 281 g/mol. The van der Waals surface area contributed by atoms with E-state index in [4.69, 9.17) is 4.52 Å². The van der Waals surface area contributed by atoms with E-state index in [9.17, 15) is 0 Å². The molecule has 4 nitrogen and oxygen atoms in total. The Morgan fingerprint density at radius 1 is 1.16 bits per heavy atom. The molecule has 0 amide bonds. The molecule has 0 aliphatic heterocycles. The van der Waals surface area contributed by atoms with Crippen LogP contribution in [-0.4, -0.2) is 21.9 Å². The van der Waals surface area contributed by atoms with Crippen LogP contribution in [0.5, 0.6) is 0 Å². The second kappa shape index (κ2) is 6.75. The lowest BCUT2D eigenvalue weighted by atomic mass is 10.0. The Morgan fingerprint density at radius 3 is 2.79 bits per heavy atom. The summed E-state index contributed by atoms with van der Waals surface area (Å²) in [6.45, 7) is 1.81. The van der Waals surface area contributed by atoms with Crippen molar-refractivity contribution in [3.8, 4) is 0 Å². The summed E-state index contributed by atoms with van der Waals surface area (Å²) in [6, 6.07) is 0. The molecule has 5 heteroatoms. The van der Waals surface area contributed by atoms with Gasteiger partial charge in [0.25, 0.3) is 0 Å². The number of aromatic nitrogens is 2. The molecule has 1 aromatic heterocycles. The maximum Gasteiger partial charge on any atom is 0.240 e. The van der Waals surface area contributed by atoms with Gasteiger partial charge in [-0.25, -0.2) is 0 Å². The Kier molecular flexibility index (Phi) is 4.77. The van der Waals surface area contributed by atoms with Crippen molar-refractivity contribution >= 4 is 11.8 Å². The van der Waals surface area contributed by atoms with Gasteiger partial charge in [0.1, 0.15) is 0 Å². The lowest BCUT2D eigenvalue weighted by Crippen LogP contribution is -2.16. The lowest BCUT2D eigenvalue weighted by Gasteiger charge is -2.19. The van der Waals surface area contributed by atoms with Gasteiger partial charge in [0.15, 0.2) is 5.82 Å². The normalized spacial score (nSPS) is 20.8. The third-order valence-electron chi connectivity index (χ3n) is 3.92. The smallest absolute Gasteiger partial charge is 0.240 e. The average Bonchev–Trinajstić information content (AvgIpc) is 3.16. The highest BCUT2D eigenvalue weighted by atomic mass is 32.2. The zero-order valence-electron chi connectivity index (χ0n) is 11.4. The number of nitrogens with one attached hydrogen (secondary N) is 1. The summed E-state index contributed by atoms with van der Waals surface area (Å²) in [7, 11) is 0. The highest BCUT2D eigenvalue weighted by Gasteiger charge is 2.20. The Hall–Kier alpha value is -0.550. The van der Waals surface area contributed by atoms with Crippen LogP contribution in [-0.2, 0) is 12.3 Å². The van der Waals surface area contributed by atoms with Crippen LogP contribution in [0.4, 0.5) is 0 Å². The Balaban J connectivity index is 1.36. The van der Waals surface area contributed by atoms with Gasteiger partial charge in [-0.2, -0.15) is 16.7 Å². The Labute approximate surface area is 119 Å². The molecule has 3 rings (SSSR count). The van der Waals surface area contributed by atoms with Crippen molar-refractivity contribution in [1.82, 2.24) is 15.5 Å². The highest BCUT2D eigenvalue weighted by Crippen LogP contribution is 2.30. The van der Waals surface area contributed by atoms with Crippen LogP contribution in [0.2, 0.25) is 0 Å². The molecule has 0 saturated heterocycles. The van der Waals surface area contributed by atoms with Gasteiger partial charge in [-0.15, -0.1) is 0 Å². The van der Waals surface area contributed by atoms with E-state index in [0.29, 0.717) is 0 Å². The van der Waals surface area contributed by atoms with Gasteiger partial charge in [-0.05, 0) is 38.1 Å². The van der Waals surface area contributed by atoms with E-state index in [1.54, 1.807) is 0 Å². The first-order valence-electron chi connectivity index (χ1n) is 7.54. The molecule has 1 heterocycles. The SMILES string of the molecule is C1CCC(SCc2noc(CNCC3CC3)n2)CC1. The molecule has 0 radical (unpaired) electrons. The summed E-state index contributed by atoms with van der Waals surface area (Å²) in [5, 5.41) is 8.26. The number of rotatable bonds is 7.